The molecule has 4 amide bonds. The van der Waals surface area contributed by atoms with E-state index in [0.29, 0.717) is 31.1 Å². The van der Waals surface area contributed by atoms with Crippen LogP contribution in [0.5, 0.6) is 11.5 Å². The minimum absolute atomic E-state index is 0.0611. The minimum atomic E-state index is -0.860. The van der Waals surface area contributed by atoms with Crippen molar-refractivity contribution >= 4 is 17.8 Å². The zero-order chi connectivity index (χ0) is 22.9. The summed E-state index contributed by atoms with van der Waals surface area (Å²) in [5.41, 5.74) is 0.0358. The Balaban J connectivity index is 1.47. The number of hydrogen-bond donors (Lipinski definition) is 2. The van der Waals surface area contributed by atoms with Crippen LogP contribution in [0.4, 0.5) is 4.79 Å². The van der Waals surface area contributed by atoms with Crippen LogP contribution >= 0.6 is 0 Å². The van der Waals surface area contributed by atoms with Gasteiger partial charge in [-0.15, -0.1) is 0 Å². The van der Waals surface area contributed by atoms with Crippen LogP contribution in [-0.2, 0) is 9.59 Å². The van der Waals surface area contributed by atoms with Crippen LogP contribution in [0.15, 0.2) is 18.2 Å². The topological polar surface area (TPSA) is 97.0 Å². The molecule has 3 atom stereocenters. The van der Waals surface area contributed by atoms with Crippen LogP contribution < -0.4 is 20.1 Å². The number of nitrogens with one attached hydrogen (secondary N) is 2. The number of benzene rings is 1. The van der Waals surface area contributed by atoms with Crippen molar-refractivity contribution in [2.24, 2.45) is 11.8 Å². The highest BCUT2D eigenvalue weighted by molar-refractivity contribution is 6.09. The van der Waals surface area contributed by atoms with Crippen molar-refractivity contribution in [3.05, 3.63) is 23.8 Å². The van der Waals surface area contributed by atoms with Gasteiger partial charge >= 0.3 is 6.03 Å². The summed E-state index contributed by atoms with van der Waals surface area (Å²) < 4.78 is 11.5. The number of urea groups is 1. The van der Waals surface area contributed by atoms with Gasteiger partial charge in [0, 0.05) is 6.42 Å². The molecule has 8 heteroatoms. The number of ether oxygens (including phenoxy) is 2. The van der Waals surface area contributed by atoms with E-state index < -0.39 is 11.6 Å². The molecule has 3 aliphatic rings. The van der Waals surface area contributed by atoms with Crippen molar-refractivity contribution in [3.63, 3.8) is 0 Å². The lowest BCUT2D eigenvalue weighted by Crippen LogP contribution is -2.54. The van der Waals surface area contributed by atoms with Gasteiger partial charge < -0.3 is 20.1 Å². The molecule has 32 heavy (non-hydrogen) atoms. The second-order valence-corrected chi connectivity index (χ2v) is 9.49. The van der Waals surface area contributed by atoms with E-state index in [9.17, 15) is 14.4 Å². The van der Waals surface area contributed by atoms with Gasteiger partial charge in [0.1, 0.15) is 12.1 Å². The number of imide groups is 1. The number of hydrogen-bond acceptors (Lipinski definition) is 5. The summed E-state index contributed by atoms with van der Waals surface area (Å²) in [5, 5.41) is 5.92. The van der Waals surface area contributed by atoms with Crippen LogP contribution in [-0.4, -0.2) is 48.0 Å². The molecule has 1 saturated heterocycles. The largest absolute Gasteiger partial charge is 0.490 e. The van der Waals surface area contributed by atoms with E-state index in [2.05, 4.69) is 10.6 Å². The summed E-state index contributed by atoms with van der Waals surface area (Å²) in [7, 11) is 0. The van der Waals surface area contributed by atoms with Gasteiger partial charge in [0.15, 0.2) is 11.5 Å². The van der Waals surface area contributed by atoms with Crippen LogP contribution in [0, 0.1) is 11.8 Å². The van der Waals surface area contributed by atoms with Crippen LogP contribution in [0.3, 0.4) is 0 Å². The molecule has 4 rings (SSSR count). The van der Waals surface area contributed by atoms with Crippen molar-refractivity contribution in [2.45, 2.75) is 64.5 Å². The van der Waals surface area contributed by atoms with E-state index in [0.717, 1.165) is 36.1 Å². The average Bonchev–Trinajstić information content (AvgIpc) is 2.92. The van der Waals surface area contributed by atoms with Crippen LogP contribution in [0.2, 0.25) is 0 Å². The molecule has 0 bridgehead atoms. The predicted octanol–water partition coefficient (Wildman–Crippen LogP) is 3.16. The lowest BCUT2D eigenvalue weighted by atomic mass is 9.73. The zero-order valence-electron chi connectivity index (χ0n) is 19.1. The highest BCUT2D eigenvalue weighted by atomic mass is 16.5. The Morgan fingerprint density at radius 2 is 1.94 bits per heavy atom. The summed E-state index contributed by atoms with van der Waals surface area (Å²) >= 11 is 0. The first-order valence-corrected chi connectivity index (χ1v) is 11.6. The molecule has 1 saturated carbocycles. The van der Waals surface area contributed by atoms with Crippen molar-refractivity contribution in [1.82, 2.24) is 15.5 Å². The third-order valence-corrected chi connectivity index (χ3v) is 6.92. The van der Waals surface area contributed by atoms with Crippen molar-refractivity contribution in [3.8, 4) is 11.5 Å². The van der Waals surface area contributed by atoms with E-state index >= 15 is 0 Å². The number of amides is 4. The maximum Gasteiger partial charge on any atom is 0.325 e. The lowest BCUT2D eigenvalue weighted by molar-refractivity contribution is -0.137. The molecular formula is C24H33N3O5. The Morgan fingerprint density at radius 3 is 2.66 bits per heavy atom. The maximum absolute atomic E-state index is 13.2. The number of rotatable bonds is 5. The van der Waals surface area contributed by atoms with E-state index in [-0.39, 0.29) is 36.2 Å². The number of carbonyl (C=O) groups is 3. The van der Waals surface area contributed by atoms with Gasteiger partial charge in [-0.2, -0.15) is 0 Å². The van der Waals surface area contributed by atoms with Crippen molar-refractivity contribution < 1.29 is 23.9 Å². The molecule has 1 aliphatic carbocycles. The van der Waals surface area contributed by atoms with Crippen LogP contribution in [0.1, 0.15) is 64.5 Å². The Bertz CT molecular complexity index is 902. The number of carbonyl (C=O) groups excluding carboxylic acids is 3. The van der Waals surface area contributed by atoms with Gasteiger partial charge in [-0.25, -0.2) is 4.79 Å². The van der Waals surface area contributed by atoms with Gasteiger partial charge in [-0.1, -0.05) is 39.7 Å². The maximum atomic E-state index is 13.2. The fourth-order valence-corrected chi connectivity index (χ4v) is 5.01. The van der Waals surface area contributed by atoms with E-state index in [4.69, 9.17) is 9.47 Å². The Morgan fingerprint density at radius 1 is 1.19 bits per heavy atom. The van der Waals surface area contributed by atoms with Gasteiger partial charge in [-0.3, -0.25) is 14.5 Å². The molecule has 1 aromatic rings. The Labute approximate surface area is 189 Å². The molecule has 2 N–H and O–H groups in total. The highest BCUT2D eigenvalue weighted by Gasteiger charge is 2.55. The molecule has 174 valence electrons. The molecule has 1 spiro atoms. The molecule has 2 fully saturated rings. The number of fused-ring (bicyclic) bond motifs is 1. The van der Waals surface area contributed by atoms with Crippen molar-refractivity contribution in [1.29, 1.82) is 0 Å². The summed E-state index contributed by atoms with van der Waals surface area (Å²) in [6.45, 7) is 6.94. The second kappa shape index (κ2) is 9.00. The normalized spacial score (nSPS) is 26.1. The summed E-state index contributed by atoms with van der Waals surface area (Å²) in [5.74, 6) is 0.886. The molecule has 0 aromatic heterocycles. The Kier molecular flexibility index (Phi) is 6.31. The monoisotopic (exact) mass is 443 g/mol. The average molecular weight is 444 g/mol. The summed E-state index contributed by atoms with van der Waals surface area (Å²) in [6, 6.07) is 4.92. The quantitative estimate of drug-likeness (QED) is 0.682. The lowest BCUT2D eigenvalue weighted by Gasteiger charge is -2.36. The molecule has 2 heterocycles. The summed E-state index contributed by atoms with van der Waals surface area (Å²) in [6.07, 6.45) is 4.29. The Hall–Kier alpha value is -2.77. The fourth-order valence-electron chi connectivity index (χ4n) is 5.01. The molecular weight excluding hydrogens is 410 g/mol. The van der Waals surface area contributed by atoms with E-state index in [1.54, 1.807) is 0 Å². The van der Waals surface area contributed by atoms with Gasteiger partial charge in [0.25, 0.3) is 5.91 Å². The molecule has 8 nitrogen and oxygen atoms in total. The standard InChI is InChI=1S/C24H33N3O5/c1-15(2)21(17-8-9-18-19(13-17)32-12-6-11-31-18)25-20(28)14-27-22(29)24(26-23(27)30)10-5-4-7-16(24)3/h8-9,13,15-16,21H,4-7,10-12,14H2,1-3H3,(H,25,28)(H,26,30)/t16-,21-,24-/m0/s1. The molecule has 1 aromatic carbocycles. The first-order chi connectivity index (χ1) is 15.3. The first kappa shape index (κ1) is 22.4. The van der Waals surface area contributed by atoms with Gasteiger partial charge in [0.2, 0.25) is 5.91 Å². The highest BCUT2D eigenvalue weighted by Crippen LogP contribution is 2.38. The van der Waals surface area contributed by atoms with E-state index in [1.165, 1.54) is 0 Å². The minimum Gasteiger partial charge on any atom is -0.490 e. The molecule has 0 unspecified atom stereocenters. The smallest absolute Gasteiger partial charge is 0.325 e. The third-order valence-electron chi connectivity index (χ3n) is 6.92. The van der Waals surface area contributed by atoms with Crippen molar-refractivity contribution in [2.75, 3.05) is 19.8 Å². The first-order valence-electron chi connectivity index (χ1n) is 11.6. The predicted molar refractivity (Wildman–Crippen MR) is 118 cm³/mol. The van der Waals surface area contributed by atoms with Gasteiger partial charge in [-0.05, 0) is 42.4 Å². The third kappa shape index (κ3) is 4.14. The summed E-state index contributed by atoms with van der Waals surface area (Å²) in [4.78, 5) is 39.8. The van der Waals surface area contributed by atoms with E-state index in [1.807, 2.05) is 39.0 Å². The zero-order valence-corrected chi connectivity index (χ0v) is 19.1. The number of nitrogens with zero attached hydrogens (tertiary/aromatic N) is 1. The van der Waals surface area contributed by atoms with Gasteiger partial charge in [0.05, 0.1) is 19.3 Å². The SMILES string of the molecule is CC(C)[C@H](NC(=O)CN1C(=O)N[C@]2(CCCC[C@@H]2C)C1=O)c1ccc2c(c1)OCCCO2. The molecule has 0 radical (unpaired) electrons. The second-order valence-electron chi connectivity index (χ2n) is 9.49. The van der Waals surface area contributed by atoms with Crippen LogP contribution in [0.25, 0.3) is 0 Å². The molecule has 2 aliphatic heterocycles. The fraction of sp³-hybridized carbons (Fsp3) is 0.625.